The maximum atomic E-state index is 14.0. The van der Waals surface area contributed by atoms with Crippen molar-refractivity contribution in [1.29, 1.82) is 0 Å². The van der Waals surface area contributed by atoms with E-state index in [9.17, 15) is 18.0 Å². The number of anilines is 1. The molecule has 0 radical (unpaired) electrons. The summed E-state index contributed by atoms with van der Waals surface area (Å²) in [5, 5.41) is 3.37. The van der Waals surface area contributed by atoms with E-state index in [-0.39, 0.29) is 23.3 Å². The molecule has 0 unspecified atom stereocenters. The van der Waals surface area contributed by atoms with Gasteiger partial charge < -0.3 is 10.2 Å². The quantitative estimate of drug-likeness (QED) is 0.315. The molecule has 0 heterocycles. The second-order valence-electron chi connectivity index (χ2n) is 9.87. The zero-order valence-corrected chi connectivity index (χ0v) is 24.4. The Hall–Kier alpha value is -3.36. The number of hydrogen-bond donors (Lipinski definition) is 1. The number of carbonyl (C=O) groups excluding carboxylic acids is 2. The van der Waals surface area contributed by atoms with Crippen LogP contribution in [0.5, 0.6) is 0 Å². The highest BCUT2D eigenvalue weighted by atomic mass is 35.5. The van der Waals surface area contributed by atoms with Gasteiger partial charge >= 0.3 is 0 Å². The second kappa shape index (κ2) is 13.6. The van der Waals surface area contributed by atoms with Crippen molar-refractivity contribution in [3.05, 3.63) is 95.0 Å². The third kappa shape index (κ3) is 8.07. The Kier molecular flexibility index (Phi) is 10.5. The number of halogens is 1. The van der Waals surface area contributed by atoms with Crippen LogP contribution in [0.25, 0.3) is 0 Å². The number of aryl methyl sites for hydroxylation is 1. The molecule has 0 fully saturated rings. The standard InChI is InChI=1S/C30H36ClN3O4S/c1-5-28(30(36)32-19-22(2)3)33(20-24-11-9-10-23(4)18-24)29(35)21-34(26-16-14-25(31)15-17-26)39(37,38)27-12-7-6-8-13-27/h6-18,22,28H,5,19-21H2,1-4H3,(H,32,36)/t28-/m1/s1. The van der Waals surface area contributed by atoms with Crippen molar-refractivity contribution >= 4 is 39.1 Å². The van der Waals surface area contributed by atoms with Crippen LogP contribution in [0.1, 0.15) is 38.3 Å². The van der Waals surface area contributed by atoms with Crippen LogP contribution in [0.15, 0.2) is 83.8 Å². The highest BCUT2D eigenvalue weighted by Gasteiger charge is 2.33. The highest BCUT2D eigenvalue weighted by Crippen LogP contribution is 2.26. The second-order valence-corrected chi connectivity index (χ2v) is 12.2. The van der Waals surface area contributed by atoms with Gasteiger partial charge in [0.25, 0.3) is 10.0 Å². The molecule has 0 aliphatic carbocycles. The Balaban J connectivity index is 2.03. The molecule has 0 aliphatic heterocycles. The number of hydrogen-bond acceptors (Lipinski definition) is 4. The lowest BCUT2D eigenvalue weighted by Gasteiger charge is -2.33. The summed E-state index contributed by atoms with van der Waals surface area (Å²) in [6, 6.07) is 21.2. The van der Waals surface area contributed by atoms with E-state index in [1.54, 1.807) is 42.5 Å². The van der Waals surface area contributed by atoms with Gasteiger partial charge in [-0.2, -0.15) is 0 Å². The molecule has 1 atom stereocenters. The number of sulfonamides is 1. The van der Waals surface area contributed by atoms with Gasteiger partial charge in [-0.1, -0.05) is 80.4 Å². The monoisotopic (exact) mass is 569 g/mol. The first-order chi connectivity index (χ1) is 18.5. The number of nitrogens with one attached hydrogen (secondary N) is 1. The minimum Gasteiger partial charge on any atom is -0.354 e. The van der Waals surface area contributed by atoms with Gasteiger partial charge in [-0.3, -0.25) is 13.9 Å². The fourth-order valence-corrected chi connectivity index (χ4v) is 5.77. The van der Waals surface area contributed by atoms with E-state index in [2.05, 4.69) is 5.32 Å². The first kappa shape index (κ1) is 30.2. The van der Waals surface area contributed by atoms with Gasteiger partial charge in [0.15, 0.2) is 0 Å². The molecule has 7 nitrogen and oxygen atoms in total. The molecule has 2 amide bonds. The third-order valence-electron chi connectivity index (χ3n) is 6.23. The number of rotatable bonds is 12. The zero-order chi connectivity index (χ0) is 28.6. The predicted octanol–water partition coefficient (Wildman–Crippen LogP) is 5.42. The first-order valence-electron chi connectivity index (χ1n) is 13.0. The average molecular weight is 570 g/mol. The molecule has 3 rings (SSSR count). The summed E-state index contributed by atoms with van der Waals surface area (Å²) < 4.78 is 28.6. The Morgan fingerprint density at radius 2 is 1.62 bits per heavy atom. The van der Waals surface area contributed by atoms with Crippen molar-refractivity contribution < 1.29 is 18.0 Å². The van der Waals surface area contributed by atoms with Crippen LogP contribution in [0.3, 0.4) is 0 Å². The summed E-state index contributed by atoms with van der Waals surface area (Å²) in [7, 11) is -4.11. The van der Waals surface area contributed by atoms with Gasteiger partial charge in [0, 0.05) is 18.1 Å². The van der Waals surface area contributed by atoms with E-state index in [0.717, 1.165) is 15.4 Å². The largest absolute Gasteiger partial charge is 0.354 e. The van der Waals surface area contributed by atoms with Crippen molar-refractivity contribution in [1.82, 2.24) is 10.2 Å². The summed E-state index contributed by atoms with van der Waals surface area (Å²) in [6.45, 7) is 7.93. The highest BCUT2D eigenvalue weighted by molar-refractivity contribution is 7.92. The van der Waals surface area contributed by atoms with Gasteiger partial charge in [-0.15, -0.1) is 0 Å². The minimum atomic E-state index is -4.11. The Labute approximate surface area is 236 Å². The zero-order valence-electron chi connectivity index (χ0n) is 22.8. The molecule has 9 heteroatoms. The molecular weight excluding hydrogens is 534 g/mol. The van der Waals surface area contributed by atoms with Crippen molar-refractivity contribution in [2.24, 2.45) is 5.92 Å². The Bertz CT molecular complexity index is 1360. The topological polar surface area (TPSA) is 86.8 Å². The molecule has 1 N–H and O–H groups in total. The van der Waals surface area contributed by atoms with Gasteiger partial charge in [0.05, 0.1) is 10.6 Å². The number of nitrogens with zero attached hydrogens (tertiary/aromatic N) is 2. The summed E-state index contributed by atoms with van der Waals surface area (Å²) in [5.41, 5.74) is 2.17. The average Bonchev–Trinajstić information content (AvgIpc) is 2.91. The number of benzene rings is 3. The Morgan fingerprint density at radius 3 is 2.21 bits per heavy atom. The van der Waals surface area contributed by atoms with E-state index in [0.29, 0.717) is 23.7 Å². The number of amides is 2. The van der Waals surface area contributed by atoms with Crippen LogP contribution >= 0.6 is 11.6 Å². The van der Waals surface area contributed by atoms with Crippen molar-refractivity contribution in [2.75, 3.05) is 17.4 Å². The molecule has 0 saturated heterocycles. The molecule has 0 bridgehead atoms. The van der Waals surface area contributed by atoms with Gasteiger partial charge in [-0.05, 0) is 61.2 Å². The van der Waals surface area contributed by atoms with E-state index in [1.807, 2.05) is 52.0 Å². The van der Waals surface area contributed by atoms with Crippen LogP contribution < -0.4 is 9.62 Å². The smallest absolute Gasteiger partial charge is 0.264 e. The Morgan fingerprint density at radius 1 is 0.949 bits per heavy atom. The maximum absolute atomic E-state index is 14.0. The van der Waals surface area contributed by atoms with Gasteiger partial charge in [0.2, 0.25) is 11.8 Å². The molecule has 0 saturated carbocycles. The molecule has 0 aliphatic rings. The van der Waals surface area contributed by atoms with Crippen LogP contribution in [0, 0.1) is 12.8 Å². The van der Waals surface area contributed by atoms with E-state index >= 15 is 0 Å². The first-order valence-corrected chi connectivity index (χ1v) is 14.8. The van der Waals surface area contributed by atoms with Crippen molar-refractivity contribution in [3.63, 3.8) is 0 Å². The fourth-order valence-electron chi connectivity index (χ4n) is 4.21. The molecule has 0 aromatic heterocycles. The lowest BCUT2D eigenvalue weighted by molar-refractivity contribution is -0.140. The summed E-state index contributed by atoms with van der Waals surface area (Å²) >= 11 is 6.07. The van der Waals surface area contributed by atoms with Crippen LogP contribution in [-0.2, 0) is 26.2 Å². The van der Waals surface area contributed by atoms with Gasteiger partial charge in [0.1, 0.15) is 12.6 Å². The lowest BCUT2D eigenvalue weighted by atomic mass is 10.1. The van der Waals surface area contributed by atoms with Crippen LogP contribution in [-0.4, -0.2) is 44.3 Å². The third-order valence-corrected chi connectivity index (χ3v) is 8.27. The molecule has 39 heavy (non-hydrogen) atoms. The summed E-state index contributed by atoms with van der Waals surface area (Å²) in [6.07, 6.45) is 0.369. The van der Waals surface area contributed by atoms with Crippen molar-refractivity contribution in [3.8, 4) is 0 Å². The number of carbonyl (C=O) groups is 2. The molecule has 3 aromatic rings. The van der Waals surface area contributed by atoms with Crippen LogP contribution in [0.4, 0.5) is 5.69 Å². The minimum absolute atomic E-state index is 0.0553. The van der Waals surface area contributed by atoms with E-state index in [4.69, 9.17) is 11.6 Å². The molecule has 3 aromatic carbocycles. The SMILES string of the molecule is CC[C@H](C(=O)NCC(C)C)N(Cc1cccc(C)c1)C(=O)CN(c1ccc(Cl)cc1)S(=O)(=O)c1ccccc1. The maximum Gasteiger partial charge on any atom is 0.264 e. The molecule has 208 valence electrons. The summed E-state index contributed by atoms with van der Waals surface area (Å²) in [4.78, 5) is 28.8. The van der Waals surface area contributed by atoms with Crippen molar-refractivity contribution in [2.45, 2.75) is 51.6 Å². The van der Waals surface area contributed by atoms with E-state index < -0.39 is 28.5 Å². The lowest BCUT2D eigenvalue weighted by Crippen LogP contribution is -2.52. The summed E-state index contributed by atoms with van der Waals surface area (Å²) in [5.74, 6) is -0.516. The molecular formula is C30H36ClN3O4S. The van der Waals surface area contributed by atoms with E-state index in [1.165, 1.54) is 17.0 Å². The normalized spacial score (nSPS) is 12.2. The predicted molar refractivity (Wildman–Crippen MR) is 156 cm³/mol. The van der Waals surface area contributed by atoms with Crippen LogP contribution in [0.2, 0.25) is 5.02 Å². The molecule has 0 spiro atoms. The van der Waals surface area contributed by atoms with Gasteiger partial charge in [-0.25, -0.2) is 8.42 Å². The fraction of sp³-hybridized carbons (Fsp3) is 0.333.